The molecule has 4 heteroatoms. The molecule has 1 atom stereocenters. The Morgan fingerprint density at radius 3 is 2.69 bits per heavy atom. The summed E-state index contributed by atoms with van der Waals surface area (Å²) in [6.07, 6.45) is 0. The average Bonchev–Trinajstić information content (AvgIpc) is 2.10. The van der Waals surface area contributed by atoms with Crippen LogP contribution in [0.4, 0.5) is 0 Å². The number of phenols is 1. The lowest BCUT2D eigenvalue weighted by Gasteiger charge is -2.14. The van der Waals surface area contributed by atoms with Crippen LogP contribution in [0.1, 0.15) is 11.6 Å². The zero-order valence-electron chi connectivity index (χ0n) is 7.29. The minimum Gasteiger partial charge on any atom is -0.508 e. The van der Waals surface area contributed by atoms with Crippen LogP contribution in [0.5, 0.6) is 5.75 Å². The molecule has 0 heterocycles. The summed E-state index contributed by atoms with van der Waals surface area (Å²) in [5, 5.41) is 21.5. The molecule has 0 bridgehead atoms. The highest BCUT2D eigenvalue weighted by atomic mass is 35.5. The number of benzene rings is 1. The van der Waals surface area contributed by atoms with Crippen molar-refractivity contribution < 1.29 is 10.2 Å². The highest BCUT2D eigenvalue weighted by Crippen LogP contribution is 2.26. The van der Waals surface area contributed by atoms with Gasteiger partial charge in [0.15, 0.2) is 0 Å². The largest absolute Gasteiger partial charge is 0.508 e. The average molecular weight is 202 g/mol. The van der Waals surface area contributed by atoms with Crippen molar-refractivity contribution in [3.8, 4) is 5.75 Å². The topological polar surface area (TPSA) is 52.5 Å². The molecule has 0 aliphatic heterocycles. The monoisotopic (exact) mass is 201 g/mol. The Morgan fingerprint density at radius 2 is 2.23 bits per heavy atom. The summed E-state index contributed by atoms with van der Waals surface area (Å²) in [6.45, 7) is -0.0268. The number of aromatic hydroxyl groups is 1. The van der Waals surface area contributed by atoms with Crippen LogP contribution in [0.15, 0.2) is 18.2 Å². The molecule has 1 unspecified atom stereocenters. The van der Waals surface area contributed by atoms with Crippen LogP contribution in [0, 0.1) is 0 Å². The minimum absolute atomic E-state index is 0.0268. The number of nitrogens with one attached hydrogen (secondary N) is 1. The molecule has 3 nitrogen and oxygen atoms in total. The van der Waals surface area contributed by atoms with Crippen molar-refractivity contribution in [3.63, 3.8) is 0 Å². The quantitative estimate of drug-likeness (QED) is 0.691. The van der Waals surface area contributed by atoms with E-state index in [0.717, 1.165) is 5.56 Å². The summed E-state index contributed by atoms with van der Waals surface area (Å²) >= 11 is 5.87. The number of likely N-dealkylation sites (N-methyl/N-ethyl adjacent to an activating group) is 1. The van der Waals surface area contributed by atoms with Crippen molar-refractivity contribution >= 4 is 11.6 Å². The van der Waals surface area contributed by atoms with Crippen LogP contribution in [0.2, 0.25) is 5.02 Å². The number of aliphatic hydroxyl groups is 1. The first-order chi connectivity index (χ1) is 6.19. The zero-order valence-corrected chi connectivity index (χ0v) is 8.04. The highest BCUT2D eigenvalue weighted by Gasteiger charge is 2.11. The van der Waals surface area contributed by atoms with E-state index in [1.165, 1.54) is 6.07 Å². The Bertz CT molecular complexity index is 287. The molecular formula is C9H12ClNO2. The van der Waals surface area contributed by atoms with Gasteiger partial charge in [-0.1, -0.05) is 17.7 Å². The van der Waals surface area contributed by atoms with Crippen molar-refractivity contribution in [2.75, 3.05) is 13.7 Å². The highest BCUT2D eigenvalue weighted by molar-refractivity contribution is 6.31. The Balaban J connectivity index is 2.99. The first-order valence-corrected chi connectivity index (χ1v) is 4.33. The minimum atomic E-state index is -0.187. The van der Waals surface area contributed by atoms with E-state index < -0.39 is 0 Å². The van der Waals surface area contributed by atoms with Gasteiger partial charge in [0.1, 0.15) is 5.75 Å². The van der Waals surface area contributed by atoms with E-state index in [0.29, 0.717) is 5.02 Å². The molecule has 0 aromatic heterocycles. The smallest absolute Gasteiger partial charge is 0.117 e. The molecule has 72 valence electrons. The van der Waals surface area contributed by atoms with Gasteiger partial charge in [0.2, 0.25) is 0 Å². The first-order valence-electron chi connectivity index (χ1n) is 3.95. The Morgan fingerprint density at radius 1 is 1.54 bits per heavy atom. The summed E-state index contributed by atoms with van der Waals surface area (Å²) in [7, 11) is 1.74. The van der Waals surface area contributed by atoms with Crippen molar-refractivity contribution in [1.29, 1.82) is 0 Å². The van der Waals surface area contributed by atoms with Gasteiger partial charge >= 0.3 is 0 Å². The fourth-order valence-corrected chi connectivity index (χ4v) is 1.45. The van der Waals surface area contributed by atoms with Gasteiger partial charge in [0.25, 0.3) is 0 Å². The number of halogens is 1. The summed E-state index contributed by atoms with van der Waals surface area (Å²) < 4.78 is 0. The van der Waals surface area contributed by atoms with Crippen molar-refractivity contribution in [1.82, 2.24) is 5.32 Å². The van der Waals surface area contributed by atoms with E-state index in [1.807, 2.05) is 0 Å². The molecule has 0 amide bonds. The van der Waals surface area contributed by atoms with E-state index in [2.05, 4.69) is 5.32 Å². The van der Waals surface area contributed by atoms with Gasteiger partial charge in [0, 0.05) is 5.02 Å². The summed E-state index contributed by atoms with van der Waals surface area (Å²) in [6, 6.07) is 4.50. The molecule has 1 rings (SSSR count). The lowest BCUT2D eigenvalue weighted by molar-refractivity contribution is 0.251. The van der Waals surface area contributed by atoms with Gasteiger partial charge in [0.05, 0.1) is 12.6 Å². The van der Waals surface area contributed by atoms with Crippen LogP contribution >= 0.6 is 11.6 Å². The second-order valence-corrected chi connectivity index (χ2v) is 3.14. The van der Waals surface area contributed by atoms with Gasteiger partial charge < -0.3 is 15.5 Å². The molecule has 13 heavy (non-hydrogen) atoms. The van der Waals surface area contributed by atoms with E-state index in [9.17, 15) is 0 Å². The summed E-state index contributed by atoms with van der Waals surface area (Å²) in [5.41, 5.74) is 0.782. The SMILES string of the molecule is CNC(CO)c1ccc(O)cc1Cl. The Hall–Kier alpha value is -0.770. The van der Waals surface area contributed by atoms with Gasteiger partial charge in [-0.05, 0) is 24.7 Å². The molecule has 3 N–H and O–H groups in total. The first kappa shape index (κ1) is 10.3. The lowest BCUT2D eigenvalue weighted by atomic mass is 10.1. The van der Waals surface area contributed by atoms with Gasteiger partial charge in [-0.25, -0.2) is 0 Å². The second kappa shape index (κ2) is 4.46. The molecule has 1 aromatic carbocycles. The normalized spacial score (nSPS) is 12.8. The molecule has 0 saturated heterocycles. The molecular weight excluding hydrogens is 190 g/mol. The third kappa shape index (κ3) is 2.34. The van der Waals surface area contributed by atoms with E-state index >= 15 is 0 Å². The Labute approximate surface area is 82.0 Å². The van der Waals surface area contributed by atoms with E-state index in [1.54, 1.807) is 19.2 Å². The van der Waals surface area contributed by atoms with Gasteiger partial charge in [-0.15, -0.1) is 0 Å². The standard InChI is InChI=1S/C9H12ClNO2/c1-11-9(5-12)7-3-2-6(13)4-8(7)10/h2-4,9,11-13H,5H2,1H3. The van der Waals surface area contributed by atoms with Crippen LogP contribution in [0.3, 0.4) is 0 Å². The zero-order chi connectivity index (χ0) is 9.84. The van der Waals surface area contributed by atoms with Crippen LogP contribution < -0.4 is 5.32 Å². The van der Waals surface area contributed by atoms with Crippen molar-refractivity contribution in [2.45, 2.75) is 6.04 Å². The number of rotatable bonds is 3. The third-order valence-corrected chi connectivity index (χ3v) is 2.22. The summed E-state index contributed by atoms with van der Waals surface area (Å²) in [4.78, 5) is 0. The molecule has 0 spiro atoms. The second-order valence-electron chi connectivity index (χ2n) is 2.73. The van der Waals surface area contributed by atoms with Crippen LogP contribution in [-0.2, 0) is 0 Å². The number of hydrogen-bond acceptors (Lipinski definition) is 3. The summed E-state index contributed by atoms with van der Waals surface area (Å²) in [5.74, 6) is 0.126. The van der Waals surface area contributed by atoms with Gasteiger partial charge in [-0.2, -0.15) is 0 Å². The van der Waals surface area contributed by atoms with Crippen molar-refractivity contribution in [2.24, 2.45) is 0 Å². The maximum absolute atomic E-state index is 9.10. The van der Waals surface area contributed by atoms with E-state index in [4.69, 9.17) is 21.8 Å². The maximum Gasteiger partial charge on any atom is 0.117 e. The van der Waals surface area contributed by atoms with Crippen LogP contribution in [-0.4, -0.2) is 23.9 Å². The fraction of sp³-hybridized carbons (Fsp3) is 0.333. The number of phenolic OH excluding ortho intramolecular Hbond substituents is 1. The Kier molecular flexibility index (Phi) is 3.54. The molecule has 0 fully saturated rings. The van der Waals surface area contributed by atoms with Crippen LogP contribution in [0.25, 0.3) is 0 Å². The number of hydrogen-bond donors (Lipinski definition) is 3. The fourth-order valence-electron chi connectivity index (χ4n) is 1.14. The van der Waals surface area contributed by atoms with Gasteiger partial charge in [-0.3, -0.25) is 0 Å². The third-order valence-electron chi connectivity index (χ3n) is 1.89. The van der Waals surface area contributed by atoms with Crippen molar-refractivity contribution in [3.05, 3.63) is 28.8 Å². The molecule has 0 saturated carbocycles. The van der Waals surface area contributed by atoms with E-state index in [-0.39, 0.29) is 18.4 Å². The predicted octanol–water partition coefficient (Wildman–Crippen LogP) is 1.30. The lowest BCUT2D eigenvalue weighted by Crippen LogP contribution is -2.20. The molecule has 1 aromatic rings. The number of aliphatic hydroxyl groups excluding tert-OH is 1. The molecule has 0 aliphatic carbocycles. The molecule has 0 radical (unpaired) electrons. The predicted molar refractivity (Wildman–Crippen MR) is 52.0 cm³/mol. The maximum atomic E-state index is 9.10. The molecule has 0 aliphatic rings.